The third-order valence-electron chi connectivity index (χ3n) is 5.62. The first-order valence-corrected chi connectivity index (χ1v) is 9.83. The minimum Gasteiger partial charge on any atom is -0.496 e. The molecule has 8 nitrogen and oxygen atoms in total. The second kappa shape index (κ2) is 8.18. The predicted octanol–water partition coefficient (Wildman–Crippen LogP) is 2.50. The molecule has 1 aromatic heterocycles. The van der Waals surface area contributed by atoms with Crippen LogP contribution in [0.2, 0.25) is 0 Å². The van der Waals surface area contributed by atoms with Crippen LogP contribution in [0, 0.1) is 5.92 Å². The highest BCUT2D eigenvalue weighted by molar-refractivity contribution is 5.75. The predicted molar refractivity (Wildman–Crippen MR) is 103 cm³/mol. The van der Waals surface area contributed by atoms with Gasteiger partial charge in [0, 0.05) is 18.7 Å². The van der Waals surface area contributed by atoms with E-state index in [-0.39, 0.29) is 12.1 Å². The van der Waals surface area contributed by atoms with Crippen LogP contribution >= 0.6 is 0 Å². The zero-order valence-electron chi connectivity index (χ0n) is 16.4. The molecule has 2 aromatic rings. The summed E-state index contributed by atoms with van der Waals surface area (Å²) < 4.78 is 13.0. The van der Waals surface area contributed by atoms with E-state index in [0.29, 0.717) is 25.7 Å². The van der Waals surface area contributed by atoms with Crippen LogP contribution in [-0.4, -0.2) is 46.0 Å². The summed E-state index contributed by atoms with van der Waals surface area (Å²) in [5.74, 6) is 2.97. The van der Waals surface area contributed by atoms with E-state index >= 15 is 0 Å². The number of nitrogens with zero attached hydrogens (tertiary/aromatic N) is 4. The highest BCUT2D eigenvalue weighted by atomic mass is 16.5. The maximum absolute atomic E-state index is 13.0. The fourth-order valence-electron chi connectivity index (χ4n) is 4.06. The van der Waals surface area contributed by atoms with Crippen LogP contribution in [0.5, 0.6) is 5.75 Å². The molecule has 0 unspecified atom stereocenters. The standard InChI is InChI=1S/C20H27N5O3/c1-14-7-8-24(16(11-14)15-5-3-4-6-17(15)27-2)20(26)21-12-18-22-23-19-13-28-10-9-25(18)19/h3-6,14,16H,7-13H2,1-2H3,(H,21,26)/t14-,16+/m0/s1. The van der Waals surface area contributed by atoms with E-state index in [1.54, 1.807) is 7.11 Å². The summed E-state index contributed by atoms with van der Waals surface area (Å²) in [5.41, 5.74) is 1.06. The highest BCUT2D eigenvalue weighted by Gasteiger charge is 2.32. The van der Waals surface area contributed by atoms with E-state index in [4.69, 9.17) is 9.47 Å². The number of amides is 2. The Morgan fingerprint density at radius 3 is 3.04 bits per heavy atom. The Hall–Kier alpha value is -2.61. The van der Waals surface area contributed by atoms with Gasteiger partial charge in [-0.25, -0.2) is 4.79 Å². The van der Waals surface area contributed by atoms with Gasteiger partial charge in [0.15, 0.2) is 11.6 Å². The molecule has 0 radical (unpaired) electrons. The first-order chi connectivity index (χ1) is 13.7. The SMILES string of the molecule is COc1ccccc1[C@H]1C[C@@H](C)CCN1C(=O)NCc1nnc2n1CCOC2. The number of carbonyl (C=O) groups is 1. The first-order valence-electron chi connectivity index (χ1n) is 9.83. The number of ether oxygens (including phenoxy) is 2. The minimum absolute atomic E-state index is 0.000569. The van der Waals surface area contributed by atoms with E-state index in [1.165, 1.54) is 0 Å². The summed E-state index contributed by atoms with van der Waals surface area (Å²) >= 11 is 0. The van der Waals surface area contributed by atoms with Crippen LogP contribution in [0.15, 0.2) is 24.3 Å². The van der Waals surface area contributed by atoms with Crippen molar-refractivity contribution < 1.29 is 14.3 Å². The maximum Gasteiger partial charge on any atom is 0.318 e. The Morgan fingerprint density at radius 2 is 2.18 bits per heavy atom. The number of rotatable bonds is 4. The molecule has 0 spiro atoms. The highest BCUT2D eigenvalue weighted by Crippen LogP contribution is 2.38. The Kier molecular flexibility index (Phi) is 5.47. The number of carbonyl (C=O) groups excluding carboxylic acids is 1. The lowest BCUT2D eigenvalue weighted by Crippen LogP contribution is -2.46. The molecule has 2 atom stereocenters. The molecule has 28 heavy (non-hydrogen) atoms. The van der Waals surface area contributed by atoms with Gasteiger partial charge < -0.3 is 24.3 Å². The fourth-order valence-corrected chi connectivity index (χ4v) is 4.06. The Bertz CT molecular complexity index is 837. The zero-order chi connectivity index (χ0) is 19.5. The molecule has 1 N–H and O–H groups in total. The van der Waals surface area contributed by atoms with E-state index in [1.807, 2.05) is 27.7 Å². The van der Waals surface area contributed by atoms with Crippen LogP contribution in [0.1, 0.15) is 43.0 Å². The van der Waals surface area contributed by atoms with Crippen molar-refractivity contribution in [3.8, 4) is 5.75 Å². The number of hydrogen-bond donors (Lipinski definition) is 1. The third-order valence-corrected chi connectivity index (χ3v) is 5.62. The van der Waals surface area contributed by atoms with Gasteiger partial charge in [-0.15, -0.1) is 10.2 Å². The monoisotopic (exact) mass is 385 g/mol. The summed E-state index contributed by atoms with van der Waals surface area (Å²) in [6.45, 7) is 5.16. The molecule has 1 saturated heterocycles. The Labute approximate surface area is 164 Å². The van der Waals surface area contributed by atoms with E-state index < -0.39 is 0 Å². The molecule has 3 heterocycles. The lowest BCUT2D eigenvalue weighted by Gasteiger charge is -2.39. The van der Waals surface area contributed by atoms with Gasteiger partial charge in [-0.2, -0.15) is 0 Å². The van der Waals surface area contributed by atoms with Crippen molar-refractivity contribution >= 4 is 6.03 Å². The third kappa shape index (κ3) is 3.69. The molecule has 2 aliphatic rings. The number of para-hydroxylation sites is 1. The molecular weight excluding hydrogens is 358 g/mol. The second-order valence-electron chi connectivity index (χ2n) is 7.48. The van der Waals surface area contributed by atoms with Gasteiger partial charge in [0.25, 0.3) is 0 Å². The lowest BCUT2D eigenvalue weighted by molar-refractivity contribution is 0.0804. The van der Waals surface area contributed by atoms with Gasteiger partial charge in [0.2, 0.25) is 0 Å². The number of methoxy groups -OCH3 is 1. The minimum atomic E-state index is -0.0767. The molecule has 1 aromatic carbocycles. The molecule has 2 amide bonds. The largest absolute Gasteiger partial charge is 0.496 e. The van der Waals surface area contributed by atoms with Crippen molar-refractivity contribution in [1.82, 2.24) is 25.0 Å². The van der Waals surface area contributed by atoms with Gasteiger partial charge in [-0.3, -0.25) is 0 Å². The zero-order valence-corrected chi connectivity index (χ0v) is 16.4. The van der Waals surface area contributed by atoms with Crippen molar-refractivity contribution in [2.24, 2.45) is 5.92 Å². The molecule has 0 saturated carbocycles. The van der Waals surface area contributed by atoms with Crippen molar-refractivity contribution in [2.75, 3.05) is 20.3 Å². The molecule has 8 heteroatoms. The number of nitrogens with one attached hydrogen (secondary N) is 1. The first kappa shape index (κ1) is 18.7. The smallest absolute Gasteiger partial charge is 0.318 e. The van der Waals surface area contributed by atoms with Crippen LogP contribution in [-0.2, 0) is 24.4 Å². The maximum atomic E-state index is 13.0. The normalized spacial score (nSPS) is 21.9. The number of urea groups is 1. The van der Waals surface area contributed by atoms with Gasteiger partial charge in [-0.05, 0) is 24.8 Å². The molecule has 0 bridgehead atoms. The number of likely N-dealkylation sites (tertiary alicyclic amines) is 1. The Morgan fingerprint density at radius 1 is 1.32 bits per heavy atom. The molecular formula is C20H27N5O3. The number of benzene rings is 1. The molecule has 2 aliphatic heterocycles. The van der Waals surface area contributed by atoms with Crippen molar-refractivity contribution in [3.05, 3.63) is 41.5 Å². The van der Waals surface area contributed by atoms with Crippen LogP contribution in [0.4, 0.5) is 4.79 Å². The van der Waals surface area contributed by atoms with Crippen LogP contribution in [0.3, 0.4) is 0 Å². The summed E-state index contributed by atoms with van der Waals surface area (Å²) in [4.78, 5) is 15.0. The lowest BCUT2D eigenvalue weighted by atomic mass is 9.88. The summed E-state index contributed by atoms with van der Waals surface area (Å²) in [7, 11) is 1.67. The average molecular weight is 385 g/mol. The van der Waals surface area contributed by atoms with Crippen molar-refractivity contribution in [2.45, 2.75) is 45.5 Å². The molecule has 1 fully saturated rings. The van der Waals surface area contributed by atoms with E-state index in [9.17, 15) is 4.79 Å². The van der Waals surface area contributed by atoms with Gasteiger partial charge in [-0.1, -0.05) is 25.1 Å². The topological polar surface area (TPSA) is 81.5 Å². The number of aromatic nitrogens is 3. The summed E-state index contributed by atoms with van der Waals surface area (Å²) in [5, 5.41) is 11.4. The number of piperidine rings is 1. The van der Waals surface area contributed by atoms with Crippen molar-refractivity contribution in [3.63, 3.8) is 0 Å². The number of fused-ring (bicyclic) bond motifs is 1. The van der Waals surface area contributed by atoms with Crippen molar-refractivity contribution in [1.29, 1.82) is 0 Å². The van der Waals surface area contributed by atoms with Gasteiger partial charge in [0.05, 0.1) is 26.3 Å². The van der Waals surface area contributed by atoms with Crippen LogP contribution in [0.25, 0.3) is 0 Å². The van der Waals surface area contributed by atoms with E-state index in [2.05, 4.69) is 28.5 Å². The molecule has 150 valence electrons. The molecule has 0 aliphatic carbocycles. The quantitative estimate of drug-likeness (QED) is 0.875. The van der Waals surface area contributed by atoms with E-state index in [0.717, 1.165) is 48.9 Å². The molecule has 4 rings (SSSR count). The average Bonchev–Trinajstić information content (AvgIpc) is 3.15. The second-order valence-corrected chi connectivity index (χ2v) is 7.48. The summed E-state index contributed by atoms with van der Waals surface area (Å²) in [6.07, 6.45) is 1.92. The van der Waals surface area contributed by atoms with Gasteiger partial charge >= 0.3 is 6.03 Å². The fraction of sp³-hybridized carbons (Fsp3) is 0.550. The summed E-state index contributed by atoms with van der Waals surface area (Å²) in [6, 6.07) is 7.88. The Balaban J connectivity index is 1.49. The van der Waals surface area contributed by atoms with Crippen LogP contribution < -0.4 is 10.1 Å². The number of hydrogen-bond acceptors (Lipinski definition) is 5. The van der Waals surface area contributed by atoms with Gasteiger partial charge in [0.1, 0.15) is 12.4 Å².